The number of H-pyrrole nitrogens is 1. The maximum atomic E-state index is 12.7. The van der Waals surface area contributed by atoms with Gasteiger partial charge < -0.3 is 19.4 Å². The highest BCUT2D eigenvalue weighted by Crippen LogP contribution is 2.24. The van der Waals surface area contributed by atoms with Gasteiger partial charge in [-0.2, -0.15) is 0 Å². The number of fused-ring (bicyclic) bond motifs is 1. The standard InChI is InChI=1S/C17H17N3O3S/c1-22-12-3-2-11-8-15(19-14(11)9-12)16(21)20-6-4-13(10-20)23-17-18-5-7-24-17/h2-3,5,7-9,13,19H,4,6,10H2,1H3. The second-order valence-corrected chi connectivity index (χ2v) is 6.57. The van der Waals surface area contributed by atoms with Gasteiger partial charge >= 0.3 is 0 Å². The van der Waals surface area contributed by atoms with Gasteiger partial charge in [-0.1, -0.05) is 11.3 Å². The number of thiazole rings is 1. The van der Waals surface area contributed by atoms with Gasteiger partial charge in [0, 0.05) is 41.5 Å². The van der Waals surface area contributed by atoms with Crippen LogP contribution in [0.4, 0.5) is 0 Å². The molecular formula is C17H17N3O3S. The fourth-order valence-electron chi connectivity index (χ4n) is 2.94. The number of rotatable bonds is 4. The molecule has 3 heterocycles. The molecule has 24 heavy (non-hydrogen) atoms. The SMILES string of the molecule is COc1ccc2cc(C(=O)N3CCC(Oc4nccs4)C3)[nH]c2c1. The molecule has 3 aromatic rings. The van der Waals surface area contributed by atoms with Gasteiger partial charge in [-0.25, -0.2) is 4.98 Å². The van der Waals surface area contributed by atoms with Crippen LogP contribution in [0.3, 0.4) is 0 Å². The Balaban J connectivity index is 1.47. The Labute approximate surface area is 143 Å². The molecule has 0 spiro atoms. The highest BCUT2D eigenvalue weighted by atomic mass is 32.1. The smallest absolute Gasteiger partial charge is 0.273 e. The maximum Gasteiger partial charge on any atom is 0.273 e. The van der Waals surface area contributed by atoms with E-state index >= 15 is 0 Å². The minimum absolute atomic E-state index is 0.00423. The van der Waals surface area contributed by atoms with Gasteiger partial charge in [0.15, 0.2) is 0 Å². The molecule has 6 nitrogen and oxygen atoms in total. The van der Waals surface area contributed by atoms with Crippen LogP contribution in [0.25, 0.3) is 10.9 Å². The fourth-order valence-corrected chi connectivity index (χ4v) is 3.49. The molecule has 0 bridgehead atoms. The molecule has 2 aromatic heterocycles. The minimum atomic E-state index is -0.00425. The summed E-state index contributed by atoms with van der Waals surface area (Å²) in [5.41, 5.74) is 1.49. The van der Waals surface area contributed by atoms with E-state index in [1.165, 1.54) is 11.3 Å². The van der Waals surface area contributed by atoms with Crippen LogP contribution in [0.1, 0.15) is 16.9 Å². The van der Waals surface area contributed by atoms with Crippen LogP contribution in [-0.4, -0.2) is 47.1 Å². The van der Waals surface area contributed by atoms with Crippen LogP contribution in [0, 0.1) is 0 Å². The predicted octanol–water partition coefficient (Wildman–Crippen LogP) is 2.93. The monoisotopic (exact) mass is 343 g/mol. The van der Waals surface area contributed by atoms with Gasteiger partial charge in [0.25, 0.3) is 11.1 Å². The molecule has 1 aliphatic rings. The van der Waals surface area contributed by atoms with E-state index in [2.05, 4.69) is 9.97 Å². The summed E-state index contributed by atoms with van der Waals surface area (Å²) in [5.74, 6) is 0.761. The largest absolute Gasteiger partial charge is 0.497 e. The number of nitrogens with zero attached hydrogens (tertiary/aromatic N) is 2. The number of aromatic nitrogens is 2. The first-order valence-electron chi connectivity index (χ1n) is 7.75. The molecule has 0 radical (unpaired) electrons. The zero-order valence-corrected chi connectivity index (χ0v) is 14.0. The van der Waals surface area contributed by atoms with E-state index in [0.717, 1.165) is 23.1 Å². The molecule has 0 saturated carbocycles. The molecule has 124 valence electrons. The number of carbonyl (C=O) groups excluding carboxylic acids is 1. The summed E-state index contributed by atoms with van der Waals surface area (Å²) in [6, 6.07) is 7.61. The molecular weight excluding hydrogens is 326 g/mol. The summed E-state index contributed by atoms with van der Waals surface area (Å²) in [6.45, 7) is 1.27. The van der Waals surface area contributed by atoms with Crippen molar-refractivity contribution < 1.29 is 14.3 Å². The van der Waals surface area contributed by atoms with Crippen LogP contribution >= 0.6 is 11.3 Å². The first kappa shape index (κ1) is 15.0. The molecule has 1 atom stereocenters. The molecule has 1 unspecified atom stereocenters. The average Bonchev–Trinajstić information content (AvgIpc) is 3.34. The lowest BCUT2D eigenvalue weighted by Gasteiger charge is -2.15. The molecule has 1 fully saturated rings. The number of benzene rings is 1. The summed E-state index contributed by atoms with van der Waals surface area (Å²) >= 11 is 1.47. The minimum Gasteiger partial charge on any atom is -0.497 e. The molecule has 0 aliphatic carbocycles. The Morgan fingerprint density at radius 3 is 3.12 bits per heavy atom. The molecule has 1 saturated heterocycles. The number of aromatic amines is 1. The van der Waals surface area contributed by atoms with Crippen LogP contribution < -0.4 is 9.47 Å². The molecule has 7 heteroatoms. The van der Waals surface area contributed by atoms with Crippen molar-refractivity contribution in [3.05, 3.63) is 41.5 Å². The quantitative estimate of drug-likeness (QED) is 0.791. The van der Waals surface area contributed by atoms with Crippen molar-refractivity contribution in [2.45, 2.75) is 12.5 Å². The zero-order valence-electron chi connectivity index (χ0n) is 13.2. The number of nitrogens with one attached hydrogen (secondary N) is 1. The lowest BCUT2D eigenvalue weighted by Crippen LogP contribution is -2.31. The molecule has 1 aromatic carbocycles. The normalized spacial score (nSPS) is 17.4. The summed E-state index contributed by atoms with van der Waals surface area (Å²) in [6.07, 6.45) is 2.54. The lowest BCUT2D eigenvalue weighted by atomic mass is 10.2. The molecule has 1 aliphatic heterocycles. The number of carbonyl (C=O) groups is 1. The Morgan fingerprint density at radius 2 is 2.33 bits per heavy atom. The van der Waals surface area contributed by atoms with Gasteiger partial charge in [-0.3, -0.25) is 4.79 Å². The number of amides is 1. The second-order valence-electron chi connectivity index (χ2n) is 5.71. The Hall–Kier alpha value is -2.54. The van der Waals surface area contributed by atoms with Crippen molar-refractivity contribution in [3.63, 3.8) is 0 Å². The van der Waals surface area contributed by atoms with E-state index in [0.29, 0.717) is 24.0 Å². The van der Waals surface area contributed by atoms with Crippen LogP contribution in [0.5, 0.6) is 10.9 Å². The van der Waals surface area contributed by atoms with Crippen LogP contribution in [0.2, 0.25) is 0 Å². The highest BCUT2D eigenvalue weighted by molar-refractivity contribution is 7.11. The van der Waals surface area contributed by atoms with Crippen LogP contribution in [0.15, 0.2) is 35.8 Å². The van der Waals surface area contributed by atoms with E-state index in [9.17, 15) is 4.79 Å². The third kappa shape index (κ3) is 2.82. The van der Waals surface area contributed by atoms with Crippen molar-refractivity contribution in [2.24, 2.45) is 0 Å². The molecule has 4 rings (SSSR count). The van der Waals surface area contributed by atoms with Gasteiger partial charge in [0.05, 0.1) is 13.7 Å². The number of hydrogen-bond donors (Lipinski definition) is 1. The molecule has 1 N–H and O–H groups in total. The number of methoxy groups -OCH3 is 1. The van der Waals surface area contributed by atoms with E-state index in [1.54, 1.807) is 13.3 Å². The van der Waals surface area contributed by atoms with Gasteiger partial charge in [-0.05, 0) is 18.2 Å². The van der Waals surface area contributed by atoms with E-state index in [4.69, 9.17) is 9.47 Å². The van der Waals surface area contributed by atoms with Gasteiger partial charge in [-0.15, -0.1) is 0 Å². The Bertz CT molecular complexity index is 859. The third-order valence-corrected chi connectivity index (χ3v) is 4.83. The van der Waals surface area contributed by atoms with Crippen molar-refractivity contribution in [1.82, 2.24) is 14.9 Å². The topological polar surface area (TPSA) is 67.4 Å². The predicted molar refractivity (Wildman–Crippen MR) is 91.9 cm³/mol. The Kier molecular flexibility index (Phi) is 3.86. The number of hydrogen-bond acceptors (Lipinski definition) is 5. The van der Waals surface area contributed by atoms with Crippen molar-refractivity contribution in [1.29, 1.82) is 0 Å². The summed E-state index contributed by atoms with van der Waals surface area (Å²) in [7, 11) is 1.63. The first-order valence-corrected chi connectivity index (χ1v) is 8.63. The van der Waals surface area contributed by atoms with Crippen molar-refractivity contribution in [2.75, 3.05) is 20.2 Å². The average molecular weight is 343 g/mol. The lowest BCUT2D eigenvalue weighted by molar-refractivity contribution is 0.0767. The summed E-state index contributed by atoms with van der Waals surface area (Å²) < 4.78 is 11.0. The third-order valence-electron chi connectivity index (χ3n) is 4.17. The Morgan fingerprint density at radius 1 is 1.42 bits per heavy atom. The number of ether oxygens (including phenoxy) is 2. The van der Waals surface area contributed by atoms with E-state index < -0.39 is 0 Å². The second kappa shape index (κ2) is 6.16. The van der Waals surface area contributed by atoms with Crippen LogP contribution in [-0.2, 0) is 0 Å². The van der Waals surface area contributed by atoms with Crippen molar-refractivity contribution in [3.8, 4) is 10.9 Å². The summed E-state index contributed by atoms with van der Waals surface area (Å²) in [5, 5.41) is 3.53. The molecule has 1 amide bonds. The highest BCUT2D eigenvalue weighted by Gasteiger charge is 2.29. The van der Waals surface area contributed by atoms with E-state index in [1.807, 2.05) is 34.5 Å². The van der Waals surface area contributed by atoms with Crippen molar-refractivity contribution >= 4 is 28.1 Å². The first-order chi connectivity index (χ1) is 11.7. The maximum absolute atomic E-state index is 12.7. The van der Waals surface area contributed by atoms with E-state index in [-0.39, 0.29) is 12.0 Å². The number of likely N-dealkylation sites (tertiary alicyclic amines) is 1. The zero-order chi connectivity index (χ0) is 16.5. The fraction of sp³-hybridized carbons (Fsp3) is 0.294. The van der Waals surface area contributed by atoms with Gasteiger partial charge in [0.2, 0.25) is 0 Å². The van der Waals surface area contributed by atoms with Gasteiger partial charge in [0.1, 0.15) is 17.5 Å². The summed E-state index contributed by atoms with van der Waals surface area (Å²) in [4.78, 5) is 21.8.